The van der Waals surface area contributed by atoms with Crippen LogP contribution >= 0.6 is 0 Å². The number of nitrogens with two attached hydrogens (primary N) is 1. The Balaban J connectivity index is 2.42. The van der Waals surface area contributed by atoms with Crippen LogP contribution in [0.15, 0.2) is 24.3 Å². The zero-order chi connectivity index (χ0) is 14.3. The molecule has 1 aromatic carbocycles. The van der Waals surface area contributed by atoms with Crippen LogP contribution in [0.5, 0.6) is 0 Å². The van der Waals surface area contributed by atoms with E-state index in [9.17, 15) is 13.2 Å². The molecule has 0 aliphatic heterocycles. The Morgan fingerprint density at radius 3 is 2.42 bits per heavy atom. The van der Waals surface area contributed by atoms with Crippen LogP contribution in [-0.2, 0) is 6.42 Å². The molecule has 1 aromatic rings. The van der Waals surface area contributed by atoms with Crippen molar-refractivity contribution in [1.82, 2.24) is 4.90 Å². The third kappa shape index (κ3) is 6.47. The maximum Gasteiger partial charge on any atom is 0.401 e. The van der Waals surface area contributed by atoms with Crippen molar-refractivity contribution in [3.63, 3.8) is 0 Å². The highest BCUT2D eigenvalue weighted by molar-refractivity contribution is 5.46. The number of halogens is 3. The van der Waals surface area contributed by atoms with Gasteiger partial charge in [-0.05, 0) is 44.0 Å². The lowest BCUT2D eigenvalue weighted by molar-refractivity contribution is -0.146. The quantitative estimate of drug-likeness (QED) is 0.771. The number of alkyl halides is 3. The first-order valence-electron chi connectivity index (χ1n) is 6.55. The minimum absolute atomic E-state index is 0.446. The first-order valence-corrected chi connectivity index (χ1v) is 6.55. The van der Waals surface area contributed by atoms with Crippen molar-refractivity contribution in [3.8, 4) is 0 Å². The third-order valence-electron chi connectivity index (χ3n) is 2.92. The van der Waals surface area contributed by atoms with Crippen molar-refractivity contribution in [2.24, 2.45) is 0 Å². The van der Waals surface area contributed by atoms with Crippen molar-refractivity contribution in [2.75, 3.05) is 25.4 Å². The molecular formula is C14H21F3N2. The second kappa shape index (κ2) is 7.38. The van der Waals surface area contributed by atoms with Gasteiger partial charge >= 0.3 is 6.18 Å². The molecule has 0 atom stereocenters. The SMILES string of the molecule is CCCN(CCCc1ccccc1N)CC(F)(F)F. The molecule has 2 N–H and O–H groups in total. The standard InChI is InChI=1S/C14H21F3N2/c1-2-9-19(11-14(15,16)17)10-5-7-12-6-3-4-8-13(12)18/h3-4,6,8H,2,5,7,9-11,18H2,1H3. The smallest absolute Gasteiger partial charge is 0.399 e. The Morgan fingerprint density at radius 1 is 1.16 bits per heavy atom. The Labute approximate surface area is 112 Å². The average Bonchev–Trinajstić information content (AvgIpc) is 2.30. The zero-order valence-corrected chi connectivity index (χ0v) is 11.2. The van der Waals surface area contributed by atoms with Crippen LogP contribution in [-0.4, -0.2) is 30.7 Å². The summed E-state index contributed by atoms with van der Waals surface area (Å²) in [5.41, 5.74) is 7.52. The van der Waals surface area contributed by atoms with Gasteiger partial charge in [-0.3, -0.25) is 4.90 Å². The Hall–Kier alpha value is -1.23. The molecule has 0 aromatic heterocycles. The molecule has 0 aliphatic carbocycles. The van der Waals surface area contributed by atoms with Crippen LogP contribution < -0.4 is 5.73 Å². The number of nitrogen functional groups attached to an aromatic ring is 1. The van der Waals surface area contributed by atoms with Crippen LogP contribution in [0.3, 0.4) is 0 Å². The van der Waals surface area contributed by atoms with Crippen LogP contribution in [0, 0.1) is 0 Å². The molecule has 5 heteroatoms. The van der Waals surface area contributed by atoms with Crippen molar-refractivity contribution in [1.29, 1.82) is 0 Å². The Bertz CT molecular complexity index is 377. The molecule has 0 unspecified atom stereocenters. The van der Waals surface area contributed by atoms with E-state index in [1.807, 2.05) is 31.2 Å². The molecule has 0 aliphatic rings. The summed E-state index contributed by atoms with van der Waals surface area (Å²) >= 11 is 0. The molecule has 0 radical (unpaired) electrons. The van der Waals surface area contributed by atoms with E-state index in [2.05, 4.69) is 0 Å². The Morgan fingerprint density at radius 2 is 1.84 bits per heavy atom. The van der Waals surface area contributed by atoms with Gasteiger partial charge in [0.05, 0.1) is 6.54 Å². The van der Waals surface area contributed by atoms with Gasteiger partial charge in [-0.15, -0.1) is 0 Å². The third-order valence-corrected chi connectivity index (χ3v) is 2.92. The molecule has 0 saturated carbocycles. The first-order chi connectivity index (χ1) is 8.92. The molecule has 19 heavy (non-hydrogen) atoms. The molecule has 0 heterocycles. The topological polar surface area (TPSA) is 29.3 Å². The number of benzene rings is 1. The zero-order valence-electron chi connectivity index (χ0n) is 11.2. The van der Waals surface area contributed by atoms with Gasteiger partial charge in [-0.2, -0.15) is 13.2 Å². The van der Waals surface area contributed by atoms with E-state index in [0.717, 1.165) is 12.0 Å². The lowest BCUT2D eigenvalue weighted by atomic mass is 10.1. The van der Waals surface area contributed by atoms with Gasteiger partial charge in [0.2, 0.25) is 0 Å². The first kappa shape index (κ1) is 15.8. The van der Waals surface area contributed by atoms with Gasteiger partial charge < -0.3 is 5.73 Å². The van der Waals surface area contributed by atoms with Gasteiger partial charge in [0.25, 0.3) is 0 Å². The summed E-state index contributed by atoms with van der Waals surface area (Å²) in [5.74, 6) is 0. The number of hydrogen-bond acceptors (Lipinski definition) is 2. The number of hydrogen-bond donors (Lipinski definition) is 1. The average molecular weight is 274 g/mol. The van der Waals surface area contributed by atoms with Crippen molar-refractivity contribution >= 4 is 5.69 Å². The fourth-order valence-electron chi connectivity index (χ4n) is 2.09. The summed E-state index contributed by atoms with van der Waals surface area (Å²) in [6.45, 7) is 1.98. The number of para-hydroxylation sites is 1. The molecule has 0 fully saturated rings. The van der Waals surface area contributed by atoms with E-state index >= 15 is 0 Å². The van der Waals surface area contributed by atoms with E-state index < -0.39 is 12.7 Å². The van der Waals surface area contributed by atoms with Crippen LogP contribution in [0.2, 0.25) is 0 Å². The molecule has 0 amide bonds. The van der Waals surface area contributed by atoms with Gasteiger partial charge in [-0.1, -0.05) is 25.1 Å². The normalized spacial score (nSPS) is 12.1. The highest BCUT2D eigenvalue weighted by Crippen LogP contribution is 2.18. The summed E-state index contributed by atoms with van der Waals surface area (Å²) < 4.78 is 37.1. The van der Waals surface area contributed by atoms with E-state index in [-0.39, 0.29) is 0 Å². The fourth-order valence-corrected chi connectivity index (χ4v) is 2.09. The summed E-state index contributed by atoms with van der Waals surface area (Å²) in [6.07, 6.45) is -2.00. The van der Waals surface area contributed by atoms with Crippen molar-refractivity contribution < 1.29 is 13.2 Å². The van der Waals surface area contributed by atoms with Crippen LogP contribution in [0.25, 0.3) is 0 Å². The van der Waals surface area contributed by atoms with Crippen molar-refractivity contribution in [2.45, 2.75) is 32.4 Å². The van der Waals surface area contributed by atoms with Gasteiger partial charge in [0.1, 0.15) is 0 Å². The second-order valence-corrected chi connectivity index (χ2v) is 4.69. The highest BCUT2D eigenvalue weighted by Gasteiger charge is 2.29. The monoisotopic (exact) mass is 274 g/mol. The van der Waals surface area contributed by atoms with E-state index in [4.69, 9.17) is 5.73 Å². The molecule has 0 saturated heterocycles. The maximum absolute atomic E-state index is 12.4. The van der Waals surface area contributed by atoms with Gasteiger partial charge in [0.15, 0.2) is 0 Å². The van der Waals surface area contributed by atoms with E-state index in [0.29, 0.717) is 31.6 Å². The van der Waals surface area contributed by atoms with Crippen LogP contribution in [0.4, 0.5) is 18.9 Å². The number of rotatable bonds is 7. The molecular weight excluding hydrogens is 253 g/mol. The predicted molar refractivity (Wildman–Crippen MR) is 72.0 cm³/mol. The molecule has 0 bridgehead atoms. The fraction of sp³-hybridized carbons (Fsp3) is 0.571. The predicted octanol–water partition coefficient (Wildman–Crippen LogP) is 3.48. The van der Waals surface area contributed by atoms with Crippen molar-refractivity contribution in [3.05, 3.63) is 29.8 Å². The summed E-state index contributed by atoms with van der Waals surface area (Å²) in [7, 11) is 0. The lowest BCUT2D eigenvalue weighted by Crippen LogP contribution is -2.35. The molecule has 1 rings (SSSR count). The minimum atomic E-state index is -4.12. The summed E-state index contributed by atoms with van der Waals surface area (Å²) in [4.78, 5) is 1.46. The molecule has 108 valence electrons. The number of aryl methyl sites for hydroxylation is 1. The van der Waals surface area contributed by atoms with Crippen LogP contribution in [0.1, 0.15) is 25.3 Å². The summed E-state index contributed by atoms with van der Waals surface area (Å²) in [5, 5.41) is 0. The van der Waals surface area contributed by atoms with E-state index in [1.54, 1.807) is 0 Å². The molecule has 2 nitrogen and oxygen atoms in total. The Kier molecular flexibility index (Phi) is 6.15. The second-order valence-electron chi connectivity index (χ2n) is 4.69. The molecule has 0 spiro atoms. The lowest BCUT2D eigenvalue weighted by Gasteiger charge is -2.23. The van der Waals surface area contributed by atoms with Gasteiger partial charge in [-0.25, -0.2) is 0 Å². The number of nitrogens with zero attached hydrogens (tertiary/aromatic N) is 1. The largest absolute Gasteiger partial charge is 0.401 e. The summed E-state index contributed by atoms with van der Waals surface area (Å²) in [6, 6.07) is 7.48. The van der Waals surface area contributed by atoms with Gasteiger partial charge in [0, 0.05) is 5.69 Å². The highest BCUT2D eigenvalue weighted by atomic mass is 19.4. The minimum Gasteiger partial charge on any atom is -0.399 e. The van der Waals surface area contributed by atoms with E-state index in [1.165, 1.54) is 4.90 Å². The maximum atomic E-state index is 12.4. The number of anilines is 1.